The largest absolute Gasteiger partial charge is 0.497 e. The van der Waals surface area contributed by atoms with Crippen molar-refractivity contribution >= 4 is 11.5 Å². The van der Waals surface area contributed by atoms with Crippen LogP contribution in [0.4, 0.5) is 10.2 Å². The van der Waals surface area contributed by atoms with Crippen molar-refractivity contribution in [3.8, 4) is 22.8 Å². The molecular weight excluding hydrogens is 395 g/mol. The third-order valence-electron chi connectivity index (χ3n) is 5.69. The minimum Gasteiger partial charge on any atom is -0.497 e. The lowest BCUT2D eigenvalue weighted by Crippen LogP contribution is -2.10. The Kier molecular flexibility index (Phi) is 4.94. The fourth-order valence-electron chi connectivity index (χ4n) is 4.14. The average molecular weight is 418 g/mol. The van der Waals surface area contributed by atoms with Gasteiger partial charge in [0.1, 0.15) is 23.1 Å². The summed E-state index contributed by atoms with van der Waals surface area (Å²) in [6.45, 7) is 0.563. The molecule has 0 saturated heterocycles. The van der Waals surface area contributed by atoms with Crippen molar-refractivity contribution in [1.29, 1.82) is 0 Å². The highest BCUT2D eigenvalue weighted by Gasteiger charge is 2.22. The number of halogens is 1. The molecule has 0 spiro atoms. The van der Waals surface area contributed by atoms with Gasteiger partial charge in [-0.1, -0.05) is 12.1 Å². The Balaban J connectivity index is 1.55. The van der Waals surface area contributed by atoms with Crippen molar-refractivity contribution in [3.05, 3.63) is 71.2 Å². The molecule has 0 radical (unpaired) electrons. The lowest BCUT2D eigenvalue weighted by atomic mass is 10.1. The maximum atomic E-state index is 13.7. The summed E-state index contributed by atoms with van der Waals surface area (Å²) in [5.74, 6) is 2.15. The van der Waals surface area contributed by atoms with Gasteiger partial charge in [-0.2, -0.15) is 9.61 Å². The first kappa shape index (κ1) is 19.4. The summed E-state index contributed by atoms with van der Waals surface area (Å²) < 4.78 is 26.4. The number of hydrogen-bond donors (Lipinski definition) is 1. The summed E-state index contributed by atoms with van der Waals surface area (Å²) in [6.07, 6.45) is 2.98. The van der Waals surface area contributed by atoms with E-state index < -0.39 is 0 Å². The molecule has 31 heavy (non-hydrogen) atoms. The SMILES string of the molecule is COc1ccc(CNc2c3c(nc4cc(-c5cccc(F)c5)nn24)CCC3)c(OC)c1. The van der Waals surface area contributed by atoms with Crippen molar-refractivity contribution in [2.45, 2.75) is 25.8 Å². The van der Waals surface area contributed by atoms with Crippen LogP contribution in [0.15, 0.2) is 48.5 Å². The minimum absolute atomic E-state index is 0.282. The van der Waals surface area contributed by atoms with Crippen LogP contribution in [0.2, 0.25) is 0 Å². The van der Waals surface area contributed by atoms with E-state index in [4.69, 9.17) is 19.6 Å². The van der Waals surface area contributed by atoms with Gasteiger partial charge in [-0.3, -0.25) is 0 Å². The fourth-order valence-corrected chi connectivity index (χ4v) is 4.14. The summed E-state index contributed by atoms with van der Waals surface area (Å²) in [4.78, 5) is 4.82. The van der Waals surface area contributed by atoms with E-state index in [9.17, 15) is 4.39 Å². The van der Waals surface area contributed by atoms with Crippen molar-refractivity contribution in [1.82, 2.24) is 14.6 Å². The predicted octanol–water partition coefficient (Wildman–Crippen LogP) is 4.65. The van der Waals surface area contributed by atoms with Gasteiger partial charge in [-0.15, -0.1) is 0 Å². The summed E-state index contributed by atoms with van der Waals surface area (Å²) >= 11 is 0. The summed E-state index contributed by atoms with van der Waals surface area (Å²) in [5.41, 5.74) is 5.48. The molecule has 6 nitrogen and oxygen atoms in total. The Hall–Kier alpha value is -3.61. The topological polar surface area (TPSA) is 60.7 Å². The fraction of sp³-hybridized carbons (Fsp3) is 0.250. The van der Waals surface area contributed by atoms with E-state index >= 15 is 0 Å². The second-order valence-electron chi connectivity index (χ2n) is 7.58. The molecule has 2 aromatic carbocycles. The number of ether oxygens (including phenoxy) is 2. The van der Waals surface area contributed by atoms with E-state index in [2.05, 4.69) is 5.32 Å². The number of rotatable bonds is 6. The quantitative estimate of drug-likeness (QED) is 0.494. The van der Waals surface area contributed by atoms with Crippen molar-refractivity contribution in [2.75, 3.05) is 19.5 Å². The van der Waals surface area contributed by atoms with Crippen LogP contribution in [0, 0.1) is 5.82 Å². The zero-order valence-corrected chi connectivity index (χ0v) is 17.5. The first-order chi connectivity index (χ1) is 15.2. The molecule has 0 saturated carbocycles. The number of methoxy groups -OCH3 is 2. The van der Waals surface area contributed by atoms with Crippen LogP contribution in [0.25, 0.3) is 16.9 Å². The van der Waals surface area contributed by atoms with Crippen molar-refractivity contribution < 1.29 is 13.9 Å². The second kappa shape index (κ2) is 7.91. The molecule has 1 aliphatic rings. The van der Waals surface area contributed by atoms with E-state index in [0.717, 1.165) is 59.0 Å². The summed E-state index contributed by atoms with van der Waals surface area (Å²) in [5, 5.41) is 8.32. The molecule has 4 aromatic rings. The number of fused-ring (bicyclic) bond motifs is 2. The number of nitrogens with one attached hydrogen (secondary N) is 1. The highest BCUT2D eigenvalue weighted by atomic mass is 19.1. The Morgan fingerprint density at radius 2 is 1.97 bits per heavy atom. The third kappa shape index (κ3) is 3.56. The highest BCUT2D eigenvalue weighted by Crippen LogP contribution is 2.32. The van der Waals surface area contributed by atoms with Crippen molar-refractivity contribution in [2.24, 2.45) is 0 Å². The van der Waals surface area contributed by atoms with Crippen LogP contribution in [0.5, 0.6) is 11.5 Å². The highest BCUT2D eigenvalue weighted by molar-refractivity contribution is 5.67. The standard InChI is InChI=1S/C24H23FN4O2/c1-30-18-10-9-16(22(12-18)31-2)14-26-24-19-7-4-8-20(19)27-23-13-21(28-29(23)24)15-5-3-6-17(25)11-15/h3,5-6,9-13,26H,4,7-8,14H2,1-2H3. The van der Waals surface area contributed by atoms with Crippen LogP contribution in [0.1, 0.15) is 23.2 Å². The van der Waals surface area contributed by atoms with Gasteiger partial charge in [0, 0.05) is 41.1 Å². The Morgan fingerprint density at radius 1 is 1.06 bits per heavy atom. The lowest BCUT2D eigenvalue weighted by Gasteiger charge is -2.15. The number of aryl methyl sites for hydroxylation is 1. The molecule has 0 aliphatic heterocycles. The third-order valence-corrected chi connectivity index (χ3v) is 5.69. The molecule has 0 unspecified atom stereocenters. The number of hydrogen-bond acceptors (Lipinski definition) is 5. The predicted molar refractivity (Wildman–Crippen MR) is 117 cm³/mol. The normalized spacial score (nSPS) is 12.7. The first-order valence-corrected chi connectivity index (χ1v) is 10.3. The molecule has 7 heteroatoms. The Morgan fingerprint density at radius 3 is 2.77 bits per heavy atom. The lowest BCUT2D eigenvalue weighted by molar-refractivity contribution is 0.391. The molecule has 0 bridgehead atoms. The van der Waals surface area contributed by atoms with Gasteiger partial charge in [0.25, 0.3) is 0 Å². The molecule has 0 amide bonds. The molecule has 0 atom stereocenters. The van der Waals surface area contributed by atoms with E-state index in [1.165, 1.54) is 17.7 Å². The van der Waals surface area contributed by atoms with Crippen LogP contribution in [-0.4, -0.2) is 28.8 Å². The molecule has 0 fully saturated rings. The van der Waals surface area contributed by atoms with Crippen LogP contribution < -0.4 is 14.8 Å². The number of benzene rings is 2. The van der Waals surface area contributed by atoms with Gasteiger partial charge in [0.2, 0.25) is 0 Å². The minimum atomic E-state index is -0.282. The van der Waals surface area contributed by atoms with Gasteiger partial charge in [-0.25, -0.2) is 9.37 Å². The second-order valence-corrected chi connectivity index (χ2v) is 7.58. The molecule has 5 rings (SSSR count). The van der Waals surface area contributed by atoms with E-state index in [1.807, 2.05) is 34.8 Å². The molecule has 158 valence electrons. The van der Waals surface area contributed by atoms with Crippen LogP contribution in [-0.2, 0) is 19.4 Å². The van der Waals surface area contributed by atoms with Gasteiger partial charge in [0.15, 0.2) is 5.65 Å². The first-order valence-electron chi connectivity index (χ1n) is 10.3. The van der Waals surface area contributed by atoms with Crippen molar-refractivity contribution in [3.63, 3.8) is 0 Å². The zero-order valence-electron chi connectivity index (χ0n) is 17.5. The van der Waals surface area contributed by atoms with Gasteiger partial charge < -0.3 is 14.8 Å². The van der Waals surface area contributed by atoms with Crippen LogP contribution in [0.3, 0.4) is 0 Å². The monoisotopic (exact) mass is 418 g/mol. The molecule has 2 aromatic heterocycles. The van der Waals surface area contributed by atoms with E-state index in [1.54, 1.807) is 20.3 Å². The molecule has 2 heterocycles. The Labute approximate surface area is 179 Å². The number of aromatic nitrogens is 3. The van der Waals surface area contributed by atoms with Gasteiger partial charge in [-0.05, 0) is 43.5 Å². The molecule has 1 aliphatic carbocycles. The molecular formula is C24H23FN4O2. The summed E-state index contributed by atoms with van der Waals surface area (Å²) in [7, 11) is 3.29. The average Bonchev–Trinajstić information content (AvgIpc) is 3.43. The maximum Gasteiger partial charge on any atom is 0.158 e. The van der Waals surface area contributed by atoms with E-state index in [-0.39, 0.29) is 5.82 Å². The number of nitrogens with zero attached hydrogens (tertiary/aromatic N) is 3. The summed E-state index contributed by atoms with van der Waals surface area (Å²) in [6, 6.07) is 14.2. The van der Waals surface area contributed by atoms with Gasteiger partial charge >= 0.3 is 0 Å². The Bertz CT molecular complexity index is 1270. The maximum absolute atomic E-state index is 13.7. The number of anilines is 1. The van der Waals surface area contributed by atoms with Gasteiger partial charge in [0.05, 0.1) is 19.9 Å². The zero-order chi connectivity index (χ0) is 21.4. The van der Waals surface area contributed by atoms with Crippen LogP contribution >= 0.6 is 0 Å². The smallest absolute Gasteiger partial charge is 0.158 e. The molecule has 1 N–H and O–H groups in total. The van der Waals surface area contributed by atoms with E-state index in [0.29, 0.717) is 12.2 Å².